The summed E-state index contributed by atoms with van der Waals surface area (Å²) in [6.07, 6.45) is -2.42. The molecule has 12 heteroatoms. The van der Waals surface area contributed by atoms with Crippen LogP contribution in [0.1, 0.15) is 30.0 Å². The van der Waals surface area contributed by atoms with E-state index < -0.39 is 18.8 Å². The van der Waals surface area contributed by atoms with E-state index in [4.69, 9.17) is 9.72 Å². The van der Waals surface area contributed by atoms with Crippen LogP contribution >= 0.6 is 0 Å². The van der Waals surface area contributed by atoms with Gasteiger partial charge in [-0.15, -0.1) is 5.10 Å². The van der Waals surface area contributed by atoms with E-state index in [1.807, 2.05) is 13.0 Å². The van der Waals surface area contributed by atoms with Crippen LogP contribution in [0.3, 0.4) is 0 Å². The van der Waals surface area contributed by atoms with Gasteiger partial charge < -0.3 is 9.84 Å². The molecular formula is C25H22F3N7O2. The SMILES string of the molecule is Cc1ccc(Oc2ccc3c(c2)ncn3-c2ccc(C(C)O)c(-c3cn(CC(F)(F)F)nc3C)n2)nn1. The molecule has 1 N–H and O–H groups in total. The van der Waals surface area contributed by atoms with Gasteiger partial charge in [0.15, 0.2) is 0 Å². The number of benzene rings is 1. The first-order valence-corrected chi connectivity index (χ1v) is 11.3. The van der Waals surface area contributed by atoms with Gasteiger partial charge in [0.05, 0.1) is 34.2 Å². The Morgan fingerprint density at radius 2 is 1.86 bits per heavy atom. The molecule has 0 aliphatic carbocycles. The van der Waals surface area contributed by atoms with Crippen molar-refractivity contribution < 1.29 is 23.0 Å². The fourth-order valence-electron chi connectivity index (χ4n) is 3.96. The number of hydrogen-bond donors (Lipinski definition) is 1. The highest BCUT2D eigenvalue weighted by Crippen LogP contribution is 2.32. The van der Waals surface area contributed by atoms with E-state index in [0.717, 1.165) is 15.9 Å². The minimum absolute atomic E-state index is 0.346. The molecule has 190 valence electrons. The summed E-state index contributed by atoms with van der Waals surface area (Å²) in [7, 11) is 0. The van der Waals surface area contributed by atoms with Gasteiger partial charge >= 0.3 is 6.18 Å². The first kappa shape index (κ1) is 24.4. The summed E-state index contributed by atoms with van der Waals surface area (Å²) in [6, 6.07) is 12.3. The second-order valence-electron chi connectivity index (χ2n) is 8.60. The average molecular weight is 509 g/mol. The number of nitrogens with zero attached hydrogens (tertiary/aromatic N) is 7. The van der Waals surface area contributed by atoms with Gasteiger partial charge in [0.2, 0.25) is 5.88 Å². The summed E-state index contributed by atoms with van der Waals surface area (Å²) >= 11 is 0. The summed E-state index contributed by atoms with van der Waals surface area (Å²) in [5.74, 6) is 1.36. The lowest BCUT2D eigenvalue weighted by molar-refractivity contribution is -0.142. The molecule has 0 aliphatic rings. The number of fused-ring (bicyclic) bond motifs is 1. The van der Waals surface area contributed by atoms with E-state index in [1.165, 1.54) is 6.20 Å². The Morgan fingerprint density at radius 1 is 1.05 bits per heavy atom. The molecule has 0 saturated carbocycles. The Kier molecular flexibility index (Phi) is 6.12. The van der Waals surface area contributed by atoms with Crippen molar-refractivity contribution in [3.63, 3.8) is 0 Å². The number of ether oxygens (including phenoxy) is 1. The van der Waals surface area contributed by atoms with Crippen molar-refractivity contribution in [2.45, 2.75) is 39.6 Å². The van der Waals surface area contributed by atoms with Crippen LogP contribution in [0.4, 0.5) is 13.2 Å². The van der Waals surface area contributed by atoms with Gasteiger partial charge in [-0.05, 0) is 45.0 Å². The number of halogens is 3. The third-order valence-corrected chi connectivity index (χ3v) is 5.67. The molecule has 0 aliphatic heterocycles. The molecule has 0 fully saturated rings. The van der Waals surface area contributed by atoms with Crippen molar-refractivity contribution in [2.75, 3.05) is 0 Å². The second-order valence-corrected chi connectivity index (χ2v) is 8.60. The molecule has 0 spiro atoms. The fourth-order valence-corrected chi connectivity index (χ4v) is 3.96. The van der Waals surface area contributed by atoms with Gasteiger partial charge in [0.25, 0.3) is 0 Å². The molecule has 0 amide bonds. The van der Waals surface area contributed by atoms with Crippen molar-refractivity contribution in [1.29, 1.82) is 0 Å². The van der Waals surface area contributed by atoms with Crippen molar-refractivity contribution in [3.05, 3.63) is 71.9 Å². The highest BCUT2D eigenvalue weighted by molar-refractivity contribution is 5.79. The number of aromatic nitrogens is 7. The standard InChI is InChI=1S/C25H22F3N7O2/c1-14-4-9-23(32-31-14)37-17-5-7-21-20(10-17)29-13-35(21)22-8-6-18(16(3)36)24(30-22)19-11-34(33-15(19)2)12-25(26,27)28/h4-11,13,16,36H,12H2,1-3H3. The van der Waals surface area contributed by atoms with Gasteiger partial charge in [0.1, 0.15) is 24.4 Å². The first-order valence-electron chi connectivity index (χ1n) is 11.3. The van der Waals surface area contributed by atoms with E-state index in [9.17, 15) is 18.3 Å². The Balaban J connectivity index is 1.52. The minimum Gasteiger partial charge on any atom is -0.437 e. The maximum Gasteiger partial charge on any atom is 0.408 e. The van der Waals surface area contributed by atoms with E-state index in [1.54, 1.807) is 61.1 Å². The molecule has 1 unspecified atom stereocenters. The molecule has 0 saturated heterocycles. The molecule has 5 rings (SSSR count). The molecule has 1 atom stereocenters. The number of aliphatic hydroxyl groups is 1. The van der Waals surface area contributed by atoms with Crippen LogP contribution < -0.4 is 4.74 Å². The Bertz CT molecular complexity index is 1570. The zero-order valence-electron chi connectivity index (χ0n) is 20.1. The quantitative estimate of drug-likeness (QED) is 0.340. The summed E-state index contributed by atoms with van der Waals surface area (Å²) in [5, 5.41) is 22.3. The third-order valence-electron chi connectivity index (χ3n) is 5.67. The molecular weight excluding hydrogens is 487 g/mol. The molecule has 4 heterocycles. The van der Waals surface area contributed by atoms with Gasteiger partial charge in [-0.25, -0.2) is 9.97 Å². The van der Waals surface area contributed by atoms with Crippen LogP contribution in [0.5, 0.6) is 11.6 Å². The van der Waals surface area contributed by atoms with Crippen LogP contribution in [-0.4, -0.2) is 45.8 Å². The minimum atomic E-state index is -4.41. The lowest BCUT2D eigenvalue weighted by Gasteiger charge is -2.13. The summed E-state index contributed by atoms with van der Waals surface area (Å²) < 4.78 is 47.1. The van der Waals surface area contributed by atoms with Gasteiger partial charge in [-0.3, -0.25) is 9.25 Å². The summed E-state index contributed by atoms with van der Waals surface area (Å²) in [5.41, 5.74) is 3.73. The van der Waals surface area contributed by atoms with Crippen molar-refractivity contribution in [2.24, 2.45) is 0 Å². The van der Waals surface area contributed by atoms with E-state index >= 15 is 0 Å². The highest BCUT2D eigenvalue weighted by atomic mass is 19.4. The summed E-state index contributed by atoms with van der Waals surface area (Å²) in [4.78, 5) is 9.15. The zero-order chi connectivity index (χ0) is 26.3. The first-order chi connectivity index (χ1) is 17.6. The number of aliphatic hydroxyl groups excluding tert-OH is 1. The maximum absolute atomic E-state index is 12.9. The lowest BCUT2D eigenvalue weighted by atomic mass is 10.0. The van der Waals surface area contributed by atoms with Gasteiger partial charge in [-0.1, -0.05) is 6.07 Å². The van der Waals surface area contributed by atoms with Gasteiger partial charge in [-0.2, -0.15) is 23.4 Å². The van der Waals surface area contributed by atoms with Crippen LogP contribution in [0.2, 0.25) is 0 Å². The van der Waals surface area contributed by atoms with Crippen molar-refractivity contribution in [3.8, 4) is 28.7 Å². The van der Waals surface area contributed by atoms with E-state index in [2.05, 4.69) is 20.3 Å². The normalized spacial score (nSPS) is 12.7. The number of alkyl halides is 3. The van der Waals surface area contributed by atoms with E-state index in [-0.39, 0.29) is 0 Å². The Hall–Kier alpha value is -4.32. The predicted octanol–water partition coefficient (Wildman–Crippen LogP) is 5.10. The lowest BCUT2D eigenvalue weighted by Crippen LogP contribution is -2.17. The molecule has 37 heavy (non-hydrogen) atoms. The maximum atomic E-state index is 12.9. The van der Waals surface area contributed by atoms with Crippen molar-refractivity contribution >= 4 is 11.0 Å². The third kappa shape index (κ3) is 5.14. The molecule has 1 aromatic carbocycles. The molecule has 4 aromatic heterocycles. The number of aryl methyl sites for hydroxylation is 2. The number of imidazole rings is 1. The Labute approximate surface area is 209 Å². The fraction of sp³-hybridized carbons (Fsp3) is 0.240. The van der Waals surface area contributed by atoms with Crippen LogP contribution in [-0.2, 0) is 6.54 Å². The topological polar surface area (TPSA) is 104 Å². The molecule has 5 aromatic rings. The average Bonchev–Trinajstić information content (AvgIpc) is 3.41. The molecule has 0 bridgehead atoms. The van der Waals surface area contributed by atoms with Crippen LogP contribution in [0.15, 0.2) is 55.0 Å². The molecule has 0 radical (unpaired) electrons. The van der Waals surface area contributed by atoms with Crippen LogP contribution in [0, 0.1) is 13.8 Å². The number of hydrogen-bond acceptors (Lipinski definition) is 7. The molecule has 9 nitrogen and oxygen atoms in total. The predicted molar refractivity (Wildman–Crippen MR) is 128 cm³/mol. The number of pyridine rings is 1. The Morgan fingerprint density at radius 3 is 2.57 bits per heavy atom. The van der Waals surface area contributed by atoms with Gasteiger partial charge in [0, 0.05) is 29.5 Å². The van der Waals surface area contributed by atoms with Crippen LogP contribution in [0.25, 0.3) is 28.1 Å². The number of rotatable bonds is 6. The van der Waals surface area contributed by atoms with Crippen molar-refractivity contribution in [1.82, 2.24) is 34.5 Å². The highest BCUT2D eigenvalue weighted by Gasteiger charge is 2.29. The van der Waals surface area contributed by atoms with E-state index in [0.29, 0.717) is 45.5 Å². The second kappa shape index (κ2) is 9.28. The largest absolute Gasteiger partial charge is 0.437 e. The summed E-state index contributed by atoms with van der Waals surface area (Å²) in [6.45, 7) is 3.79. The monoisotopic (exact) mass is 509 g/mol. The smallest absolute Gasteiger partial charge is 0.408 e. The zero-order valence-corrected chi connectivity index (χ0v) is 20.1.